The molecule has 0 aromatic heterocycles. The molecule has 5 aliphatic rings. The Labute approximate surface area is 244 Å². The van der Waals surface area contributed by atoms with Crippen molar-refractivity contribution in [3.8, 4) is 0 Å². The highest BCUT2D eigenvalue weighted by molar-refractivity contribution is 5.95. The zero-order valence-electron chi connectivity index (χ0n) is 24.7. The Kier molecular flexibility index (Phi) is 11.0. The van der Waals surface area contributed by atoms with E-state index in [4.69, 9.17) is 29.8 Å². The second kappa shape index (κ2) is 14.9. The Morgan fingerprint density at radius 1 is 1.07 bits per heavy atom. The van der Waals surface area contributed by atoms with Crippen molar-refractivity contribution in [2.24, 2.45) is 21.9 Å². The number of carbonyl (C=O) groups excluding carboxylic acids is 1. The topological polar surface area (TPSA) is 129 Å². The van der Waals surface area contributed by atoms with E-state index in [9.17, 15) is 4.79 Å². The molecule has 1 N–H and O–H groups in total. The van der Waals surface area contributed by atoms with Crippen molar-refractivity contribution in [2.75, 3.05) is 46.1 Å². The number of hydrogen-bond donors (Lipinski definition) is 1. The van der Waals surface area contributed by atoms with Crippen molar-refractivity contribution in [2.45, 2.75) is 114 Å². The third kappa shape index (κ3) is 7.27. The maximum absolute atomic E-state index is 14.7. The molecule has 10 heteroatoms. The van der Waals surface area contributed by atoms with Crippen LogP contribution < -0.4 is 0 Å². The number of aliphatic hydroxyl groups is 1. The zero-order chi connectivity index (χ0) is 28.5. The average molecular weight is 572 g/mol. The van der Waals surface area contributed by atoms with Crippen LogP contribution in [-0.2, 0) is 19.0 Å². The smallest absolute Gasteiger partial charge is 0.255 e. The van der Waals surface area contributed by atoms with Gasteiger partial charge in [0.25, 0.3) is 5.91 Å². The predicted molar refractivity (Wildman–Crippen MR) is 157 cm³/mol. The van der Waals surface area contributed by atoms with Crippen molar-refractivity contribution in [3.05, 3.63) is 21.6 Å². The largest absolute Gasteiger partial charge is 0.470 e. The van der Waals surface area contributed by atoms with Gasteiger partial charge in [0.1, 0.15) is 0 Å². The van der Waals surface area contributed by atoms with Gasteiger partial charge in [-0.25, -0.2) is 4.99 Å². The summed E-state index contributed by atoms with van der Waals surface area (Å²) in [5, 5.41) is 13.1. The second-order valence-corrected chi connectivity index (χ2v) is 12.6. The van der Waals surface area contributed by atoms with Crippen molar-refractivity contribution in [1.82, 2.24) is 4.90 Å². The third-order valence-electron chi connectivity index (χ3n) is 9.92. The SMILES string of the molecule is [N-]=[N+]=NCC1=C([C@@H]2OC(C3CCC(OCCCO)CC3)=N[C@]2(CC2CCCCC2)C(=O)N2CCOCC2)CCCC1. The summed E-state index contributed by atoms with van der Waals surface area (Å²) >= 11 is 0. The predicted octanol–water partition coefficient (Wildman–Crippen LogP) is 5.49. The Morgan fingerprint density at radius 2 is 1.83 bits per heavy atom. The molecule has 0 aromatic rings. The monoisotopic (exact) mass is 571 g/mol. The molecule has 0 radical (unpaired) electrons. The molecule has 0 spiro atoms. The molecule has 0 bridgehead atoms. The molecule has 2 atom stereocenters. The first-order chi connectivity index (χ1) is 20.1. The number of hydrogen-bond acceptors (Lipinski definition) is 7. The van der Waals surface area contributed by atoms with E-state index in [2.05, 4.69) is 10.0 Å². The van der Waals surface area contributed by atoms with Crippen molar-refractivity contribution >= 4 is 11.8 Å². The van der Waals surface area contributed by atoms with Crippen molar-refractivity contribution < 1.29 is 24.1 Å². The summed E-state index contributed by atoms with van der Waals surface area (Å²) < 4.78 is 18.6. The number of amides is 1. The molecule has 10 nitrogen and oxygen atoms in total. The van der Waals surface area contributed by atoms with Crippen LogP contribution in [0.5, 0.6) is 0 Å². The van der Waals surface area contributed by atoms with Crippen LogP contribution in [0.4, 0.5) is 0 Å². The lowest BCUT2D eigenvalue weighted by Crippen LogP contribution is -2.57. The van der Waals surface area contributed by atoms with Gasteiger partial charge in [0.05, 0.1) is 19.3 Å². The van der Waals surface area contributed by atoms with Crippen LogP contribution in [0.1, 0.15) is 96.3 Å². The van der Waals surface area contributed by atoms with E-state index in [1.54, 1.807) is 0 Å². The molecule has 0 unspecified atom stereocenters. The molecule has 0 aromatic carbocycles. The van der Waals surface area contributed by atoms with Gasteiger partial charge in [0.15, 0.2) is 17.5 Å². The Morgan fingerprint density at radius 3 is 2.56 bits per heavy atom. The molecule has 41 heavy (non-hydrogen) atoms. The molecular formula is C31H49N5O5. The number of azide groups is 1. The fraction of sp³-hybridized carbons (Fsp3) is 0.871. The summed E-state index contributed by atoms with van der Waals surface area (Å²) in [6, 6.07) is 0. The normalized spacial score (nSPS) is 31.4. The van der Waals surface area contributed by atoms with E-state index in [0.717, 1.165) is 87.7 Å². The number of aliphatic hydroxyl groups excluding tert-OH is 1. The fourth-order valence-corrected chi connectivity index (χ4v) is 7.71. The molecule has 1 saturated heterocycles. The maximum atomic E-state index is 14.7. The minimum absolute atomic E-state index is 0.0913. The van der Waals surface area contributed by atoms with E-state index in [-0.39, 0.29) is 24.5 Å². The summed E-state index contributed by atoms with van der Waals surface area (Å²) in [4.78, 5) is 25.2. The molecule has 228 valence electrons. The van der Waals surface area contributed by atoms with Gasteiger partial charge in [-0.1, -0.05) is 42.8 Å². The average Bonchev–Trinajstić information content (AvgIpc) is 3.41. The van der Waals surface area contributed by atoms with Crippen LogP contribution in [0.15, 0.2) is 21.3 Å². The lowest BCUT2D eigenvalue weighted by molar-refractivity contribution is -0.144. The van der Waals surface area contributed by atoms with Crippen LogP contribution >= 0.6 is 0 Å². The van der Waals surface area contributed by atoms with Gasteiger partial charge in [-0.3, -0.25) is 4.79 Å². The molecule has 2 heterocycles. The number of ether oxygens (including phenoxy) is 3. The number of nitrogens with zero attached hydrogens (tertiary/aromatic N) is 5. The number of aliphatic imine (C=N–C) groups is 1. The van der Waals surface area contributed by atoms with Gasteiger partial charge < -0.3 is 24.2 Å². The molecular weight excluding hydrogens is 522 g/mol. The standard InChI is InChI=1S/C31H49N5O5/c32-35-33-22-25-9-4-5-10-27(25)28-31(21-23-7-2-1-3-8-23,30(38)36-15-19-39-20-16-36)34-29(41-28)24-11-13-26(14-12-24)40-18-6-17-37/h23-24,26,28,37H,1-22H2/t24?,26?,28-,31-/m0/s1. The third-order valence-corrected chi connectivity index (χ3v) is 9.92. The van der Waals surface area contributed by atoms with Gasteiger partial charge in [-0.05, 0) is 81.2 Å². The van der Waals surface area contributed by atoms with Crippen molar-refractivity contribution in [1.29, 1.82) is 0 Å². The number of carbonyl (C=O) groups is 1. The van der Waals surface area contributed by atoms with Gasteiger partial charge in [-0.15, -0.1) is 0 Å². The molecule has 5 rings (SSSR count). The zero-order valence-corrected chi connectivity index (χ0v) is 24.7. The van der Waals surface area contributed by atoms with Gasteiger partial charge >= 0.3 is 0 Å². The van der Waals surface area contributed by atoms with Crippen LogP contribution in [0, 0.1) is 11.8 Å². The molecule has 3 aliphatic carbocycles. The first-order valence-corrected chi connectivity index (χ1v) is 16.2. The fourth-order valence-electron chi connectivity index (χ4n) is 7.71. The maximum Gasteiger partial charge on any atom is 0.255 e. The highest BCUT2D eigenvalue weighted by atomic mass is 16.5. The highest BCUT2D eigenvalue weighted by Crippen LogP contribution is 2.46. The minimum Gasteiger partial charge on any atom is -0.470 e. The summed E-state index contributed by atoms with van der Waals surface area (Å²) in [5.41, 5.74) is 10.4. The summed E-state index contributed by atoms with van der Waals surface area (Å²) in [6.07, 6.45) is 14.7. The van der Waals surface area contributed by atoms with Gasteiger partial charge in [-0.2, -0.15) is 0 Å². The Bertz CT molecular complexity index is 991. The van der Waals surface area contributed by atoms with Crippen molar-refractivity contribution in [3.63, 3.8) is 0 Å². The van der Waals surface area contributed by atoms with Gasteiger partial charge in [0.2, 0.25) is 0 Å². The lowest BCUT2D eigenvalue weighted by atomic mass is 9.72. The summed E-state index contributed by atoms with van der Waals surface area (Å²) in [7, 11) is 0. The number of rotatable bonds is 11. The van der Waals surface area contributed by atoms with E-state index in [1.807, 2.05) is 4.90 Å². The van der Waals surface area contributed by atoms with E-state index >= 15 is 0 Å². The first kappa shape index (κ1) is 30.3. The molecule has 2 aliphatic heterocycles. The summed E-state index contributed by atoms with van der Waals surface area (Å²) in [5.74, 6) is 1.46. The Balaban J connectivity index is 1.48. The number of morpholine rings is 1. The molecule has 3 fully saturated rings. The van der Waals surface area contributed by atoms with Crippen LogP contribution in [-0.4, -0.2) is 85.6 Å². The molecule has 1 amide bonds. The van der Waals surface area contributed by atoms with Crippen LogP contribution in [0.2, 0.25) is 0 Å². The van der Waals surface area contributed by atoms with E-state index in [1.165, 1.54) is 19.3 Å². The second-order valence-electron chi connectivity index (χ2n) is 12.6. The highest BCUT2D eigenvalue weighted by Gasteiger charge is 2.57. The van der Waals surface area contributed by atoms with E-state index < -0.39 is 11.6 Å². The minimum atomic E-state index is -0.975. The lowest BCUT2D eigenvalue weighted by Gasteiger charge is -2.41. The Hall–Kier alpha value is -2.13. The first-order valence-electron chi connectivity index (χ1n) is 16.2. The van der Waals surface area contributed by atoms with E-state index in [0.29, 0.717) is 51.8 Å². The van der Waals surface area contributed by atoms with Gasteiger partial charge in [0, 0.05) is 43.7 Å². The van der Waals surface area contributed by atoms with Crippen LogP contribution in [0.25, 0.3) is 10.4 Å². The molecule has 2 saturated carbocycles. The van der Waals surface area contributed by atoms with Crippen LogP contribution in [0.3, 0.4) is 0 Å². The summed E-state index contributed by atoms with van der Waals surface area (Å²) in [6.45, 7) is 3.36. The quantitative estimate of drug-likeness (QED) is 0.115.